The first-order chi connectivity index (χ1) is 21.9. The van der Waals surface area contributed by atoms with E-state index in [0.717, 1.165) is 90.9 Å². The number of aromatic nitrogens is 4. The van der Waals surface area contributed by atoms with Gasteiger partial charge in [0.1, 0.15) is 5.75 Å². The van der Waals surface area contributed by atoms with Crippen LogP contribution in [0, 0.1) is 6.92 Å². The third kappa shape index (κ3) is 8.81. The van der Waals surface area contributed by atoms with E-state index in [1.54, 1.807) is 4.63 Å². The van der Waals surface area contributed by atoms with Crippen LogP contribution >= 0.6 is 15.9 Å². The second-order valence-electron chi connectivity index (χ2n) is 14.0. The lowest BCUT2D eigenvalue weighted by Crippen LogP contribution is -2.34. The van der Waals surface area contributed by atoms with Gasteiger partial charge in [-0.1, -0.05) is 92.0 Å². The molecule has 0 aliphatic rings. The fourth-order valence-electron chi connectivity index (χ4n) is 5.61. The number of nitrogens with zero attached hydrogens (tertiary/aromatic N) is 3. The maximum Gasteiger partial charge on any atom is 0.265 e. The molecule has 46 heavy (non-hydrogen) atoms. The van der Waals surface area contributed by atoms with Crippen LogP contribution in [-0.2, 0) is 28.5 Å². The van der Waals surface area contributed by atoms with Gasteiger partial charge in [0.05, 0.1) is 4.47 Å². The molecule has 0 saturated carbocycles. The number of H-pyrrole nitrogens is 1. The Morgan fingerprint density at radius 2 is 1.67 bits per heavy atom. The standard InChI is InChI=1S/C38H54BrN5O2/c1-9-12-13-14-17-32(46-31-24-21-28(37(5,6)10-2)25-30(31)38(7,8)11-3)36(45)40-29-22-19-27(20-23-29)16-15-18-33-41-35-34(39)26(4)42-44(35)43-33/h19-25,32,42H,9-18H2,1-8H3,(H,40,45). The van der Waals surface area contributed by atoms with Crippen molar-refractivity contribution in [2.45, 2.75) is 137 Å². The zero-order valence-electron chi connectivity index (χ0n) is 29.2. The van der Waals surface area contributed by atoms with Gasteiger partial charge in [0.25, 0.3) is 5.91 Å². The molecular formula is C38H54BrN5O2. The third-order valence-electron chi connectivity index (χ3n) is 9.68. The zero-order chi connectivity index (χ0) is 33.5. The number of fused-ring (bicyclic) bond motifs is 1. The van der Waals surface area contributed by atoms with Crippen LogP contribution in [0.2, 0.25) is 0 Å². The van der Waals surface area contributed by atoms with Crippen LogP contribution < -0.4 is 10.1 Å². The predicted octanol–water partition coefficient (Wildman–Crippen LogP) is 10.0. The Morgan fingerprint density at radius 1 is 0.957 bits per heavy atom. The van der Waals surface area contributed by atoms with E-state index in [0.29, 0.717) is 6.42 Å². The number of ether oxygens (including phenoxy) is 1. The first kappa shape index (κ1) is 35.7. The van der Waals surface area contributed by atoms with Gasteiger partial charge in [-0.2, -0.15) is 4.63 Å². The molecule has 0 radical (unpaired) electrons. The zero-order valence-corrected chi connectivity index (χ0v) is 30.8. The number of unbranched alkanes of at least 4 members (excludes halogenated alkanes) is 3. The van der Waals surface area contributed by atoms with Gasteiger partial charge in [-0.3, -0.25) is 9.89 Å². The van der Waals surface area contributed by atoms with Crippen molar-refractivity contribution in [3.05, 3.63) is 75.1 Å². The molecule has 250 valence electrons. The van der Waals surface area contributed by atoms with Crippen LogP contribution in [0.15, 0.2) is 46.9 Å². The fraction of sp³-hybridized carbons (Fsp3) is 0.553. The summed E-state index contributed by atoms with van der Waals surface area (Å²) in [6, 6.07) is 14.8. The Bertz CT molecular complexity index is 1580. The van der Waals surface area contributed by atoms with Gasteiger partial charge >= 0.3 is 0 Å². The molecule has 0 aliphatic heterocycles. The summed E-state index contributed by atoms with van der Waals surface area (Å²) in [6.07, 6.45) is 9.16. The van der Waals surface area contributed by atoms with E-state index in [4.69, 9.17) is 4.74 Å². The minimum Gasteiger partial charge on any atom is -0.480 e. The van der Waals surface area contributed by atoms with Gasteiger partial charge in [-0.05, 0) is 102 Å². The van der Waals surface area contributed by atoms with Gasteiger partial charge in [-0.25, -0.2) is 4.98 Å². The van der Waals surface area contributed by atoms with Gasteiger partial charge in [0.2, 0.25) is 0 Å². The first-order valence-electron chi connectivity index (χ1n) is 17.2. The average molecular weight is 693 g/mol. The number of rotatable bonds is 17. The molecule has 0 spiro atoms. The maximum atomic E-state index is 13.7. The summed E-state index contributed by atoms with van der Waals surface area (Å²) < 4.78 is 9.35. The normalized spacial score (nSPS) is 12.9. The molecule has 1 unspecified atom stereocenters. The molecule has 7 nitrogen and oxygen atoms in total. The van der Waals surface area contributed by atoms with E-state index in [1.807, 2.05) is 19.1 Å². The number of aromatic amines is 1. The summed E-state index contributed by atoms with van der Waals surface area (Å²) in [7, 11) is 0. The lowest BCUT2D eigenvalue weighted by atomic mass is 9.76. The van der Waals surface area contributed by atoms with E-state index in [-0.39, 0.29) is 16.7 Å². The third-order valence-corrected chi connectivity index (χ3v) is 10.6. The van der Waals surface area contributed by atoms with Gasteiger partial charge < -0.3 is 10.1 Å². The monoisotopic (exact) mass is 691 g/mol. The van der Waals surface area contributed by atoms with E-state index >= 15 is 0 Å². The van der Waals surface area contributed by atoms with Gasteiger partial charge in [0, 0.05) is 23.4 Å². The average Bonchev–Trinajstić information content (AvgIpc) is 3.56. The first-order valence-corrected chi connectivity index (χ1v) is 18.0. The van der Waals surface area contributed by atoms with Gasteiger partial charge in [0.15, 0.2) is 17.6 Å². The molecule has 4 rings (SSSR count). The summed E-state index contributed by atoms with van der Waals surface area (Å²) in [4.78, 5) is 18.4. The molecule has 1 amide bonds. The molecular weight excluding hydrogens is 638 g/mol. The number of aryl methyl sites for hydroxylation is 3. The van der Waals surface area contributed by atoms with Crippen molar-refractivity contribution in [2.75, 3.05) is 5.32 Å². The molecule has 2 N–H and O–H groups in total. The lowest BCUT2D eigenvalue weighted by Gasteiger charge is -2.31. The van der Waals surface area contributed by atoms with E-state index in [1.165, 1.54) is 16.7 Å². The number of carbonyl (C=O) groups excluding carboxylic acids is 1. The van der Waals surface area contributed by atoms with Crippen molar-refractivity contribution < 1.29 is 9.53 Å². The molecule has 0 aliphatic carbocycles. The molecule has 2 aromatic carbocycles. The number of nitrogens with one attached hydrogen (secondary N) is 2. The highest BCUT2D eigenvalue weighted by molar-refractivity contribution is 9.10. The Kier molecular flexibility index (Phi) is 12.1. The van der Waals surface area contributed by atoms with Crippen molar-refractivity contribution in [3.63, 3.8) is 0 Å². The van der Waals surface area contributed by atoms with Crippen molar-refractivity contribution in [3.8, 4) is 5.75 Å². The molecule has 4 aromatic rings. The van der Waals surface area contributed by atoms with Crippen LogP contribution in [0.1, 0.15) is 128 Å². The number of anilines is 1. The highest BCUT2D eigenvalue weighted by atomic mass is 79.9. The summed E-state index contributed by atoms with van der Waals surface area (Å²) in [5.74, 6) is 1.56. The summed E-state index contributed by atoms with van der Waals surface area (Å²) in [5.41, 5.74) is 6.32. The summed E-state index contributed by atoms with van der Waals surface area (Å²) in [5, 5.41) is 10.9. The fourth-order valence-corrected chi connectivity index (χ4v) is 5.96. The Hall–Kier alpha value is -3.13. The quantitative estimate of drug-likeness (QED) is 0.108. The topological polar surface area (TPSA) is 84.3 Å². The van der Waals surface area contributed by atoms with Crippen molar-refractivity contribution in [2.24, 2.45) is 0 Å². The van der Waals surface area contributed by atoms with Crippen LogP contribution in [0.25, 0.3) is 5.65 Å². The minimum atomic E-state index is -0.565. The number of halogens is 1. The van der Waals surface area contributed by atoms with Crippen molar-refractivity contribution in [1.29, 1.82) is 0 Å². The number of hydrogen-bond donors (Lipinski definition) is 2. The minimum absolute atomic E-state index is 0.0716. The van der Waals surface area contributed by atoms with Crippen LogP contribution in [0.5, 0.6) is 5.75 Å². The largest absolute Gasteiger partial charge is 0.480 e. The SMILES string of the molecule is CCCCCCC(Oc1ccc(C(C)(C)CC)cc1C(C)(C)CC)C(=O)Nc1ccc(CCCc2nc3c(Br)c(C)[nH]n3n2)cc1. The number of benzene rings is 2. The summed E-state index contributed by atoms with van der Waals surface area (Å²) in [6.45, 7) is 17.8. The van der Waals surface area contributed by atoms with Crippen LogP contribution in [0.4, 0.5) is 5.69 Å². The van der Waals surface area contributed by atoms with E-state index in [9.17, 15) is 4.79 Å². The molecule has 0 saturated heterocycles. The molecule has 2 aromatic heterocycles. The van der Waals surface area contributed by atoms with Crippen LogP contribution in [-0.4, -0.2) is 31.8 Å². The van der Waals surface area contributed by atoms with E-state index in [2.05, 4.69) is 115 Å². The Labute approximate surface area is 284 Å². The second-order valence-corrected chi connectivity index (χ2v) is 14.8. The number of hydrogen-bond acceptors (Lipinski definition) is 4. The van der Waals surface area contributed by atoms with Crippen molar-refractivity contribution >= 4 is 33.2 Å². The summed E-state index contributed by atoms with van der Waals surface area (Å²) >= 11 is 3.57. The molecule has 1 atom stereocenters. The van der Waals surface area contributed by atoms with Gasteiger partial charge in [-0.15, -0.1) is 5.10 Å². The lowest BCUT2D eigenvalue weighted by molar-refractivity contribution is -0.123. The highest BCUT2D eigenvalue weighted by Gasteiger charge is 2.29. The predicted molar refractivity (Wildman–Crippen MR) is 193 cm³/mol. The molecule has 8 heteroatoms. The van der Waals surface area contributed by atoms with Crippen molar-refractivity contribution in [1.82, 2.24) is 19.8 Å². The molecule has 2 heterocycles. The second kappa shape index (κ2) is 15.6. The Balaban J connectivity index is 1.43. The smallest absolute Gasteiger partial charge is 0.265 e. The molecule has 0 fully saturated rings. The number of amides is 1. The molecule has 0 bridgehead atoms. The maximum absolute atomic E-state index is 13.7. The number of carbonyl (C=O) groups is 1. The Morgan fingerprint density at radius 3 is 2.33 bits per heavy atom. The van der Waals surface area contributed by atoms with Crippen LogP contribution in [0.3, 0.4) is 0 Å². The highest BCUT2D eigenvalue weighted by Crippen LogP contribution is 2.39. The van der Waals surface area contributed by atoms with E-state index < -0.39 is 6.10 Å².